The Bertz CT molecular complexity index is 171. The van der Waals surface area contributed by atoms with Crippen molar-refractivity contribution >= 4 is 0 Å². The highest BCUT2D eigenvalue weighted by atomic mass is 19.3. The predicted molar refractivity (Wildman–Crippen MR) is 49.2 cm³/mol. The van der Waals surface area contributed by atoms with Gasteiger partial charge in [-0.05, 0) is 20.9 Å². The Hall–Kier alpha value is -0.220. The Morgan fingerprint density at radius 3 is 2.38 bits per heavy atom. The van der Waals surface area contributed by atoms with Gasteiger partial charge >= 0.3 is 0 Å². The molecule has 2 nitrogen and oxygen atoms in total. The molecular weight excluding hydrogens is 174 g/mol. The van der Waals surface area contributed by atoms with E-state index in [0.717, 1.165) is 19.6 Å². The highest BCUT2D eigenvalue weighted by Crippen LogP contribution is 2.19. The summed E-state index contributed by atoms with van der Waals surface area (Å²) in [5.74, 6) is 0. The number of likely N-dealkylation sites (N-methyl/N-ethyl adjacent to an activating group) is 1. The van der Waals surface area contributed by atoms with Crippen molar-refractivity contribution < 1.29 is 8.78 Å². The molecule has 0 aromatic carbocycles. The molecular formula is C9H18F2N2. The summed E-state index contributed by atoms with van der Waals surface area (Å²) in [6.07, 6.45) is -2.21. The predicted octanol–water partition coefficient (Wildman–Crippen LogP) is 1.28. The minimum Gasteiger partial charge on any atom is -0.299 e. The Balaban J connectivity index is 2.46. The van der Waals surface area contributed by atoms with E-state index in [1.54, 1.807) is 0 Å². The molecule has 0 aliphatic carbocycles. The summed E-state index contributed by atoms with van der Waals surface area (Å²) in [4.78, 5) is 4.06. The van der Waals surface area contributed by atoms with E-state index in [4.69, 9.17) is 0 Å². The second-order valence-corrected chi connectivity index (χ2v) is 4.36. The zero-order valence-electron chi connectivity index (χ0n) is 8.56. The van der Waals surface area contributed by atoms with Crippen LogP contribution >= 0.6 is 0 Å². The fourth-order valence-electron chi connectivity index (χ4n) is 1.69. The lowest BCUT2D eigenvalue weighted by Crippen LogP contribution is -2.58. The van der Waals surface area contributed by atoms with Gasteiger partial charge in [-0.3, -0.25) is 9.80 Å². The number of hydrogen-bond acceptors (Lipinski definition) is 2. The van der Waals surface area contributed by atoms with Crippen molar-refractivity contribution in [3.8, 4) is 0 Å². The molecule has 1 aliphatic rings. The van der Waals surface area contributed by atoms with Gasteiger partial charge in [0, 0.05) is 25.2 Å². The first kappa shape index (κ1) is 10.9. The second-order valence-electron chi connectivity index (χ2n) is 4.36. The molecule has 1 rings (SSSR count). The smallest absolute Gasteiger partial charge is 0.251 e. The zero-order valence-corrected chi connectivity index (χ0v) is 8.56. The first-order chi connectivity index (χ1) is 5.92. The summed E-state index contributed by atoms with van der Waals surface area (Å²) in [6.45, 7) is 6.45. The summed E-state index contributed by atoms with van der Waals surface area (Å²) in [5.41, 5.74) is 0.0210. The molecule has 0 saturated carbocycles. The van der Waals surface area contributed by atoms with E-state index in [9.17, 15) is 8.78 Å². The third-order valence-electron chi connectivity index (χ3n) is 2.79. The minimum absolute atomic E-state index is 0.0210. The third kappa shape index (κ3) is 2.88. The van der Waals surface area contributed by atoms with Crippen molar-refractivity contribution in [2.75, 3.05) is 33.2 Å². The molecule has 1 heterocycles. The number of rotatable bonds is 2. The maximum absolute atomic E-state index is 12.1. The van der Waals surface area contributed by atoms with Gasteiger partial charge in [0.25, 0.3) is 6.43 Å². The summed E-state index contributed by atoms with van der Waals surface area (Å²) in [7, 11) is 2.04. The van der Waals surface area contributed by atoms with Gasteiger partial charge in [0.05, 0.1) is 6.54 Å². The Labute approximate surface area is 78.5 Å². The quantitative estimate of drug-likeness (QED) is 0.650. The lowest BCUT2D eigenvalue weighted by Gasteiger charge is -2.45. The largest absolute Gasteiger partial charge is 0.299 e. The standard InChI is InChI=1S/C9H18F2N2/c1-9(2)7-13(6-8(10)11)5-4-12(9)3/h8H,4-7H2,1-3H3. The second kappa shape index (κ2) is 3.88. The van der Waals surface area contributed by atoms with Crippen LogP contribution in [0.4, 0.5) is 8.78 Å². The molecule has 1 saturated heterocycles. The number of nitrogens with zero attached hydrogens (tertiary/aromatic N) is 2. The van der Waals surface area contributed by atoms with Crippen LogP contribution in [0.1, 0.15) is 13.8 Å². The van der Waals surface area contributed by atoms with Gasteiger partial charge in [-0.2, -0.15) is 0 Å². The van der Waals surface area contributed by atoms with Crippen molar-refractivity contribution in [1.29, 1.82) is 0 Å². The molecule has 0 bridgehead atoms. The van der Waals surface area contributed by atoms with Gasteiger partial charge < -0.3 is 0 Å². The van der Waals surface area contributed by atoms with Crippen LogP contribution in [0.15, 0.2) is 0 Å². The maximum atomic E-state index is 12.1. The van der Waals surface area contributed by atoms with Crippen LogP contribution in [0, 0.1) is 0 Å². The van der Waals surface area contributed by atoms with E-state index in [1.807, 2.05) is 11.9 Å². The van der Waals surface area contributed by atoms with Crippen LogP contribution in [-0.4, -0.2) is 55.0 Å². The summed E-state index contributed by atoms with van der Waals surface area (Å²) in [6, 6.07) is 0. The van der Waals surface area contributed by atoms with Crippen LogP contribution in [0.25, 0.3) is 0 Å². The number of alkyl halides is 2. The zero-order chi connectivity index (χ0) is 10.1. The van der Waals surface area contributed by atoms with Crippen LogP contribution in [0.3, 0.4) is 0 Å². The van der Waals surface area contributed by atoms with Crippen molar-refractivity contribution in [2.24, 2.45) is 0 Å². The topological polar surface area (TPSA) is 6.48 Å². The molecule has 0 aromatic rings. The number of piperazine rings is 1. The normalized spacial score (nSPS) is 25.4. The Kier molecular flexibility index (Phi) is 3.24. The van der Waals surface area contributed by atoms with Crippen molar-refractivity contribution in [2.45, 2.75) is 25.8 Å². The molecule has 0 spiro atoms. The van der Waals surface area contributed by atoms with Crippen molar-refractivity contribution in [3.05, 3.63) is 0 Å². The fraction of sp³-hybridized carbons (Fsp3) is 1.00. The lowest BCUT2D eigenvalue weighted by atomic mass is 10.00. The van der Waals surface area contributed by atoms with Gasteiger partial charge in [0.1, 0.15) is 0 Å². The Morgan fingerprint density at radius 1 is 1.31 bits per heavy atom. The molecule has 0 atom stereocenters. The number of hydrogen-bond donors (Lipinski definition) is 0. The monoisotopic (exact) mass is 192 g/mol. The van der Waals surface area contributed by atoms with Crippen molar-refractivity contribution in [3.63, 3.8) is 0 Å². The minimum atomic E-state index is -2.21. The molecule has 1 fully saturated rings. The van der Waals surface area contributed by atoms with Crippen LogP contribution in [-0.2, 0) is 0 Å². The fourth-order valence-corrected chi connectivity index (χ4v) is 1.69. The maximum Gasteiger partial charge on any atom is 0.251 e. The molecule has 0 radical (unpaired) electrons. The molecule has 0 amide bonds. The molecule has 1 aliphatic heterocycles. The van der Waals surface area contributed by atoms with Gasteiger partial charge in [-0.25, -0.2) is 8.78 Å². The van der Waals surface area contributed by atoms with E-state index in [1.165, 1.54) is 0 Å². The summed E-state index contributed by atoms with van der Waals surface area (Å²) in [5, 5.41) is 0. The first-order valence-electron chi connectivity index (χ1n) is 4.63. The lowest BCUT2D eigenvalue weighted by molar-refractivity contribution is 0.00614. The highest BCUT2D eigenvalue weighted by Gasteiger charge is 2.31. The summed E-state index contributed by atoms with van der Waals surface area (Å²) < 4.78 is 24.2. The van der Waals surface area contributed by atoms with Crippen LogP contribution < -0.4 is 0 Å². The SMILES string of the molecule is CN1CCN(CC(F)F)CC1(C)C. The van der Waals surface area contributed by atoms with Crippen molar-refractivity contribution in [1.82, 2.24) is 9.80 Å². The average molecular weight is 192 g/mol. The highest BCUT2D eigenvalue weighted by molar-refractivity contribution is 4.88. The first-order valence-corrected chi connectivity index (χ1v) is 4.63. The molecule has 0 aromatic heterocycles. The molecule has 0 N–H and O–H groups in total. The van der Waals surface area contributed by atoms with E-state index >= 15 is 0 Å². The van der Waals surface area contributed by atoms with Crippen LogP contribution in [0.2, 0.25) is 0 Å². The molecule has 13 heavy (non-hydrogen) atoms. The molecule has 78 valence electrons. The molecule has 4 heteroatoms. The van der Waals surface area contributed by atoms with Gasteiger partial charge in [-0.15, -0.1) is 0 Å². The average Bonchev–Trinajstić information content (AvgIpc) is 1.95. The van der Waals surface area contributed by atoms with E-state index in [0.29, 0.717) is 0 Å². The van der Waals surface area contributed by atoms with E-state index in [-0.39, 0.29) is 12.1 Å². The summed E-state index contributed by atoms with van der Waals surface area (Å²) >= 11 is 0. The van der Waals surface area contributed by atoms with E-state index < -0.39 is 6.43 Å². The third-order valence-corrected chi connectivity index (χ3v) is 2.79. The van der Waals surface area contributed by atoms with Gasteiger partial charge in [0.2, 0.25) is 0 Å². The Morgan fingerprint density at radius 2 is 1.92 bits per heavy atom. The van der Waals surface area contributed by atoms with Gasteiger partial charge in [0.15, 0.2) is 0 Å². The van der Waals surface area contributed by atoms with E-state index in [2.05, 4.69) is 18.7 Å². The number of halogens is 2. The molecule has 0 unspecified atom stereocenters. The van der Waals surface area contributed by atoms with Gasteiger partial charge in [-0.1, -0.05) is 0 Å². The van der Waals surface area contributed by atoms with Crippen LogP contribution in [0.5, 0.6) is 0 Å².